The van der Waals surface area contributed by atoms with Gasteiger partial charge in [-0.2, -0.15) is 0 Å². The van der Waals surface area contributed by atoms with Crippen molar-refractivity contribution >= 4 is 0 Å². The molecule has 0 heterocycles. The minimum atomic E-state index is 0.104. The lowest BCUT2D eigenvalue weighted by atomic mass is 10.0. The smallest absolute Gasteiger partial charge is 0.0953 e. The molecule has 1 aromatic carbocycles. The monoisotopic (exact) mass is 291 g/mol. The summed E-state index contributed by atoms with van der Waals surface area (Å²) < 4.78 is 6.34. The molecule has 0 aromatic heterocycles. The van der Waals surface area contributed by atoms with Crippen LogP contribution >= 0.6 is 0 Å². The first-order valence-electron chi connectivity index (χ1n) is 8.14. The topological polar surface area (TPSA) is 21.3 Å². The van der Waals surface area contributed by atoms with E-state index < -0.39 is 0 Å². The van der Waals surface area contributed by atoms with Gasteiger partial charge in [-0.05, 0) is 52.5 Å². The fourth-order valence-electron chi connectivity index (χ4n) is 2.51. The van der Waals surface area contributed by atoms with E-state index in [9.17, 15) is 0 Å². The van der Waals surface area contributed by atoms with Crippen LogP contribution in [0.25, 0.3) is 0 Å². The molecule has 0 spiro atoms. The summed E-state index contributed by atoms with van der Waals surface area (Å²) in [5.74, 6) is 0.661. The van der Waals surface area contributed by atoms with Crippen molar-refractivity contribution in [2.45, 2.75) is 72.6 Å². The molecule has 0 saturated heterocycles. The number of hydrogen-bond donors (Lipinski definition) is 1. The molecule has 120 valence electrons. The Kier molecular flexibility index (Phi) is 6.89. The molecule has 1 aromatic rings. The zero-order valence-corrected chi connectivity index (χ0v) is 14.9. The van der Waals surface area contributed by atoms with E-state index in [1.54, 1.807) is 0 Å². The van der Waals surface area contributed by atoms with Gasteiger partial charge in [-0.3, -0.25) is 0 Å². The molecule has 2 unspecified atom stereocenters. The Balaban J connectivity index is 2.79. The summed E-state index contributed by atoms with van der Waals surface area (Å²) >= 11 is 0. The Hall–Kier alpha value is -0.860. The Labute approximate surface area is 131 Å². The van der Waals surface area contributed by atoms with E-state index in [0.717, 1.165) is 13.0 Å². The fraction of sp³-hybridized carbons (Fsp3) is 0.684. The Bertz CT molecular complexity index is 420. The van der Waals surface area contributed by atoms with Crippen LogP contribution in [0.4, 0.5) is 0 Å². The van der Waals surface area contributed by atoms with Gasteiger partial charge in [0.1, 0.15) is 0 Å². The minimum Gasteiger partial charge on any atom is -0.369 e. The lowest BCUT2D eigenvalue weighted by Gasteiger charge is -2.28. The third kappa shape index (κ3) is 7.63. The number of ether oxygens (including phenoxy) is 1. The zero-order valence-electron chi connectivity index (χ0n) is 14.9. The van der Waals surface area contributed by atoms with Crippen molar-refractivity contribution in [3.63, 3.8) is 0 Å². The first kappa shape index (κ1) is 18.2. The maximum absolute atomic E-state index is 6.34. The highest BCUT2D eigenvalue weighted by atomic mass is 16.5. The normalized spacial score (nSPS) is 15.2. The summed E-state index contributed by atoms with van der Waals surface area (Å²) in [6, 6.07) is 8.65. The van der Waals surface area contributed by atoms with Crippen molar-refractivity contribution < 1.29 is 4.74 Å². The molecule has 0 amide bonds. The van der Waals surface area contributed by atoms with E-state index in [0.29, 0.717) is 5.92 Å². The van der Waals surface area contributed by atoms with Gasteiger partial charge in [0.25, 0.3) is 0 Å². The lowest BCUT2D eigenvalue weighted by molar-refractivity contribution is -0.0152. The second-order valence-corrected chi connectivity index (χ2v) is 7.61. The molecule has 1 N–H and O–H groups in total. The SMILES string of the molecule is Cc1cccc(C(CNC(C)(C)C)OC(C)CC(C)C)c1. The van der Waals surface area contributed by atoms with Gasteiger partial charge < -0.3 is 10.1 Å². The van der Waals surface area contributed by atoms with Gasteiger partial charge >= 0.3 is 0 Å². The van der Waals surface area contributed by atoms with Crippen LogP contribution in [0.2, 0.25) is 0 Å². The van der Waals surface area contributed by atoms with Crippen LogP contribution in [-0.4, -0.2) is 18.2 Å². The predicted octanol–water partition coefficient (Wildman–Crippen LogP) is 4.88. The highest BCUT2D eigenvalue weighted by Crippen LogP contribution is 2.23. The van der Waals surface area contributed by atoms with E-state index >= 15 is 0 Å². The van der Waals surface area contributed by atoms with E-state index in [1.165, 1.54) is 11.1 Å². The molecule has 0 aliphatic carbocycles. The van der Waals surface area contributed by atoms with Gasteiger partial charge in [-0.25, -0.2) is 0 Å². The largest absolute Gasteiger partial charge is 0.369 e. The summed E-state index contributed by atoms with van der Waals surface area (Å²) in [6.45, 7) is 16.2. The summed E-state index contributed by atoms with van der Waals surface area (Å²) in [5.41, 5.74) is 2.66. The molecule has 0 radical (unpaired) electrons. The van der Waals surface area contributed by atoms with Gasteiger partial charge in [-0.15, -0.1) is 0 Å². The van der Waals surface area contributed by atoms with Gasteiger partial charge in [0, 0.05) is 12.1 Å². The predicted molar refractivity (Wildman–Crippen MR) is 91.7 cm³/mol. The van der Waals surface area contributed by atoms with Crippen molar-refractivity contribution in [1.29, 1.82) is 0 Å². The summed E-state index contributed by atoms with van der Waals surface area (Å²) in [5, 5.41) is 3.57. The number of nitrogens with one attached hydrogen (secondary N) is 1. The van der Waals surface area contributed by atoms with E-state index in [2.05, 4.69) is 78.0 Å². The van der Waals surface area contributed by atoms with Crippen molar-refractivity contribution in [3.05, 3.63) is 35.4 Å². The third-order valence-corrected chi connectivity index (χ3v) is 3.43. The van der Waals surface area contributed by atoms with Crippen molar-refractivity contribution in [2.75, 3.05) is 6.54 Å². The number of aryl methyl sites for hydroxylation is 1. The van der Waals surface area contributed by atoms with Gasteiger partial charge in [-0.1, -0.05) is 43.7 Å². The van der Waals surface area contributed by atoms with E-state index in [-0.39, 0.29) is 17.7 Å². The van der Waals surface area contributed by atoms with Crippen molar-refractivity contribution in [3.8, 4) is 0 Å². The Morgan fingerprint density at radius 2 is 1.81 bits per heavy atom. The van der Waals surface area contributed by atoms with Crippen LogP contribution in [0.3, 0.4) is 0 Å². The first-order valence-corrected chi connectivity index (χ1v) is 8.14. The number of hydrogen-bond acceptors (Lipinski definition) is 2. The number of rotatable bonds is 7. The van der Waals surface area contributed by atoms with E-state index in [4.69, 9.17) is 4.74 Å². The average molecular weight is 291 g/mol. The highest BCUT2D eigenvalue weighted by molar-refractivity contribution is 5.24. The first-order chi connectivity index (χ1) is 9.67. The zero-order chi connectivity index (χ0) is 16.0. The van der Waals surface area contributed by atoms with Crippen LogP contribution in [0, 0.1) is 12.8 Å². The minimum absolute atomic E-state index is 0.104. The van der Waals surface area contributed by atoms with E-state index in [1.807, 2.05) is 0 Å². The van der Waals surface area contributed by atoms with Gasteiger partial charge in [0.15, 0.2) is 0 Å². The molecule has 2 nitrogen and oxygen atoms in total. The van der Waals surface area contributed by atoms with Crippen LogP contribution in [-0.2, 0) is 4.74 Å². The van der Waals surface area contributed by atoms with Crippen molar-refractivity contribution in [1.82, 2.24) is 5.32 Å². The van der Waals surface area contributed by atoms with Crippen LogP contribution in [0.1, 0.15) is 65.2 Å². The summed E-state index contributed by atoms with van der Waals surface area (Å²) in [4.78, 5) is 0. The van der Waals surface area contributed by atoms with Crippen LogP contribution in [0.15, 0.2) is 24.3 Å². The fourth-order valence-corrected chi connectivity index (χ4v) is 2.51. The molecule has 2 heteroatoms. The third-order valence-electron chi connectivity index (χ3n) is 3.43. The second-order valence-electron chi connectivity index (χ2n) is 7.61. The maximum atomic E-state index is 6.34. The summed E-state index contributed by atoms with van der Waals surface area (Å²) in [6.07, 6.45) is 1.48. The molecule has 1 rings (SSSR count). The quantitative estimate of drug-likeness (QED) is 0.773. The second kappa shape index (κ2) is 7.95. The van der Waals surface area contributed by atoms with Crippen LogP contribution < -0.4 is 5.32 Å². The maximum Gasteiger partial charge on any atom is 0.0953 e. The summed E-state index contributed by atoms with van der Waals surface area (Å²) in [7, 11) is 0. The highest BCUT2D eigenvalue weighted by Gasteiger charge is 2.19. The standard InChI is InChI=1S/C19H33NO/c1-14(2)11-16(4)21-18(13-20-19(5,6)7)17-10-8-9-15(3)12-17/h8-10,12,14,16,18,20H,11,13H2,1-7H3. The van der Waals surface area contributed by atoms with Gasteiger partial charge in [0.05, 0.1) is 12.2 Å². The average Bonchev–Trinajstić information content (AvgIpc) is 2.32. The molecule has 0 bridgehead atoms. The molecule has 21 heavy (non-hydrogen) atoms. The molecular weight excluding hydrogens is 258 g/mol. The Morgan fingerprint density at radius 3 is 2.33 bits per heavy atom. The van der Waals surface area contributed by atoms with Crippen LogP contribution in [0.5, 0.6) is 0 Å². The molecule has 0 saturated carbocycles. The number of benzene rings is 1. The van der Waals surface area contributed by atoms with Gasteiger partial charge in [0.2, 0.25) is 0 Å². The molecule has 2 atom stereocenters. The molecule has 0 aliphatic heterocycles. The molecular formula is C19H33NO. The molecule has 0 aliphatic rings. The van der Waals surface area contributed by atoms with Crippen molar-refractivity contribution in [2.24, 2.45) is 5.92 Å². The molecule has 0 fully saturated rings. The Morgan fingerprint density at radius 1 is 1.14 bits per heavy atom. The lowest BCUT2D eigenvalue weighted by Crippen LogP contribution is -2.39.